The Bertz CT molecular complexity index is 530. The minimum atomic E-state index is -4.68. The molecule has 0 unspecified atom stereocenters. The summed E-state index contributed by atoms with van der Waals surface area (Å²) >= 11 is 0. The minimum absolute atomic E-state index is 0.227. The summed E-state index contributed by atoms with van der Waals surface area (Å²) in [7, 11) is -2.08. The molecule has 9 heteroatoms. The summed E-state index contributed by atoms with van der Waals surface area (Å²) < 4.78 is 43.5. The number of hydrogen-bond donors (Lipinski definition) is 2. The fourth-order valence-electron chi connectivity index (χ4n) is 2.04. The number of amides is 1. The number of ether oxygens (including phenoxy) is 1. The van der Waals surface area contributed by atoms with Gasteiger partial charge in [0, 0.05) is 18.7 Å². The minimum Gasteiger partial charge on any atom is -0.423 e. The fraction of sp³-hybridized carbons (Fsp3) is 0.417. The predicted molar refractivity (Wildman–Crippen MR) is 68.0 cm³/mol. The van der Waals surface area contributed by atoms with Gasteiger partial charge in [0.25, 0.3) is 5.91 Å². The highest BCUT2D eigenvalue weighted by atomic mass is 19.4. The average Bonchev–Trinajstić information content (AvgIpc) is 2.46. The highest BCUT2D eigenvalue weighted by molar-refractivity contribution is 6.58. The van der Waals surface area contributed by atoms with Crippen LogP contribution in [-0.4, -0.2) is 54.3 Å². The second-order valence-electron chi connectivity index (χ2n) is 4.62. The van der Waals surface area contributed by atoms with Crippen LogP contribution in [0, 0.1) is 0 Å². The molecule has 1 aliphatic rings. The third-order valence-electron chi connectivity index (χ3n) is 3.13. The molecule has 1 aromatic carbocycles. The van der Waals surface area contributed by atoms with Crippen molar-refractivity contribution >= 4 is 18.5 Å². The molecule has 1 amide bonds. The lowest BCUT2D eigenvalue weighted by Gasteiger charge is -2.27. The number of benzene rings is 1. The van der Waals surface area contributed by atoms with E-state index in [0.717, 1.165) is 6.07 Å². The first-order valence-corrected chi connectivity index (χ1v) is 6.24. The lowest BCUT2D eigenvalue weighted by atomic mass is 9.78. The molecular weight excluding hydrogens is 290 g/mol. The number of halogens is 3. The average molecular weight is 303 g/mol. The summed E-state index contributed by atoms with van der Waals surface area (Å²) in [6.45, 7) is 1.21. The first kappa shape index (κ1) is 15.8. The number of carbonyl (C=O) groups is 1. The van der Waals surface area contributed by atoms with Crippen molar-refractivity contribution in [2.45, 2.75) is 6.18 Å². The van der Waals surface area contributed by atoms with Gasteiger partial charge in [-0.1, -0.05) is 6.07 Å². The van der Waals surface area contributed by atoms with Crippen molar-refractivity contribution in [3.05, 3.63) is 29.3 Å². The SMILES string of the molecule is O=C(c1cc(B(O)O)cc(C(F)(F)F)c1)N1CCOCC1. The number of morpholine rings is 1. The molecule has 0 aromatic heterocycles. The number of carbonyl (C=O) groups excluding carboxylic acids is 1. The summed E-state index contributed by atoms with van der Waals surface area (Å²) in [6.07, 6.45) is -4.68. The fourth-order valence-corrected chi connectivity index (χ4v) is 2.04. The largest absolute Gasteiger partial charge is 0.488 e. The summed E-state index contributed by atoms with van der Waals surface area (Å²) in [6, 6.07) is 2.38. The lowest BCUT2D eigenvalue weighted by molar-refractivity contribution is -0.137. The zero-order valence-electron chi connectivity index (χ0n) is 10.9. The molecule has 114 valence electrons. The summed E-state index contributed by atoms with van der Waals surface area (Å²) in [5, 5.41) is 18.1. The van der Waals surface area contributed by atoms with Crippen LogP contribution in [-0.2, 0) is 10.9 Å². The zero-order valence-corrected chi connectivity index (χ0v) is 10.9. The number of hydrogen-bond acceptors (Lipinski definition) is 4. The van der Waals surface area contributed by atoms with Crippen LogP contribution in [0.3, 0.4) is 0 Å². The number of nitrogens with zero attached hydrogens (tertiary/aromatic N) is 1. The van der Waals surface area contributed by atoms with Crippen LogP contribution in [0.1, 0.15) is 15.9 Å². The van der Waals surface area contributed by atoms with Crippen LogP contribution in [0.2, 0.25) is 0 Å². The molecule has 1 fully saturated rings. The molecule has 0 bridgehead atoms. The molecule has 2 rings (SSSR count). The summed E-state index contributed by atoms with van der Waals surface area (Å²) in [4.78, 5) is 13.6. The molecule has 0 spiro atoms. The van der Waals surface area contributed by atoms with Gasteiger partial charge in [-0.15, -0.1) is 0 Å². The van der Waals surface area contributed by atoms with Crippen molar-refractivity contribution in [3.8, 4) is 0 Å². The Morgan fingerprint density at radius 1 is 1.19 bits per heavy atom. The molecule has 1 aromatic rings. The standard InChI is InChI=1S/C12H13BF3NO4/c14-12(15,16)9-5-8(6-10(7-9)13(19)20)11(18)17-1-3-21-4-2-17/h5-7,19-20H,1-4H2. The van der Waals surface area contributed by atoms with Crippen molar-refractivity contribution in [3.63, 3.8) is 0 Å². The first-order chi connectivity index (χ1) is 9.79. The summed E-state index contributed by atoms with van der Waals surface area (Å²) in [5.41, 5.74) is -1.69. The molecule has 0 atom stereocenters. The molecule has 1 saturated heterocycles. The van der Waals surface area contributed by atoms with Gasteiger partial charge in [-0.05, 0) is 17.6 Å². The van der Waals surface area contributed by atoms with E-state index >= 15 is 0 Å². The van der Waals surface area contributed by atoms with Gasteiger partial charge in [0.2, 0.25) is 0 Å². The maximum absolute atomic E-state index is 12.8. The molecule has 1 aliphatic heterocycles. The van der Waals surface area contributed by atoms with Crippen molar-refractivity contribution in [2.24, 2.45) is 0 Å². The van der Waals surface area contributed by atoms with Gasteiger partial charge in [0.1, 0.15) is 0 Å². The molecule has 0 aliphatic carbocycles. The van der Waals surface area contributed by atoms with E-state index in [-0.39, 0.29) is 24.1 Å². The zero-order chi connectivity index (χ0) is 15.6. The van der Waals surface area contributed by atoms with Crippen molar-refractivity contribution in [1.82, 2.24) is 4.90 Å². The Kier molecular flexibility index (Phi) is 4.55. The molecule has 5 nitrogen and oxygen atoms in total. The van der Waals surface area contributed by atoms with E-state index < -0.39 is 24.8 Å². The second-order valence-corrected chi connectivity index (χ2v) is 4.62. The van der Waals surface area contributed by atoms with Crippen molar-refractivity contribution in [2.75, 3.05) is 26.3 Å². The number of rotatable bonds is 2. The summed E-state index contributed by atoms with van der Waals surface area (Å²) in [5.74, 6) is -0.591. The lowest BCUT2D eigenvalue weighted by Crippen LogP contribution is -2.41. The van der Waals surface area contributed by atoms with E-state index in [2.05, 4.69) is 0 Å². The first-order valence-electron chi connectivity index (χ1n) is 6.24. The third kappa shape index (κ3) is 3.75. The molecular formula is C12H13BF3NO4. The highest BCUT2D eigenvalue weighted by Crippen LogP contribution is 2.29. The van der Waals surface area contributed by atoms with Crippen LogP contribution in [0.25, 0.3) is 0 Å². The topological polar surface area (TPSA) is 70.0 Å². The molecule has 0 radical (unpaired) electrons. The second kappa shape index (κ2) is 6.04. The van der Waals surface area contributed by atoms with Gasteiger partial charge in [-0.2, -0.15) is 13.2 Å². The monoisotopic (exact) mass is 303 g/mol. The van der Waals surface area contributed by atoms with E-state index in [1.165, 1.54) is 4.90 Å². The van der Waals surface area contributed by atoms with E-state index in [9.17, 15) is 18.0 Å². The van der Waals surface area contributed by atoms with Gasteiger partial charge in [0.15, 0.2) is 0 Å². The Hall–Kier alpha value is -1.58. The highest BCUT2D eigenvalue weighted by Gasteiger charge is 2.33. The van der Waals surface area contributed by atoms with Crippen LogP contribution in [0.15, 0.2) is 18.2 Å². The maximum Gasteiger partial charge on any atom is 0.488 e. The van der Waals surface area contributed by atoms with Gasteiger partial charge in [-0.3, -0.25) is 4.79 Å². The number of alkyl halides is 3. The van der Waals surface area contributed by atoms with Gasteiger partial charge < -0.3 is 19.7 Å². The van der Waals surface area contributed by atoms with Crippen molar-refractivity contribution in [1.29, 1.82) is 0 Å². The van der Waals surface area contributed by atoms with Gasteiger partial charge >= 0.3 is 13.3 Å². The van der Waals surface area contributed by atoms with Crippen LogP contribution in [0.4, 0.5) is 13.2 Å². The normalized spacial score (nSPS) is 16.0. The van der Waals surface area contributed by atoms with E-state index in [1.54, 1.807) is 0 Å². The molecule has 0 saturated carbocycles. The van der Waals surface area contributed by atoms with E-state index in [4.69, 9.17) is 14.8 Å². The Morgan fingerprint density at radius 2 is 1.81 bits per heavy atom. The quantitative estimate of drug-likeness (QED) is 0.746. The van der Waals surface area contributed by atoms with Crippen LogP contribution in [0.5, 0.6) is 0 Å². The molecule has 21 heavy (non-hydrogen) atoms. The molecule has 2 N–H and O–H groups in total. The smallest absolute Gasteiger partial charge is 0.423 e. The predicted octanol–water partition coefficient (Wildman–Crippen LogP) is -0.142. The van der Waals surface area contributed by atoms with E-state index in [1.807, 2.05) is 0 Å². The van der Waals surface area contributed by atoms with Crippen LogP contribution < -0.4 is 5.46 Å². The van der Waals surface area contributed by atoms with E-state index in [0.29, 0.717) is 25.3 Å². The maximum atomic E-state index is 12.8. The van der Waals surface area contributed by atoms with Gasteiger partial charge in [0.05, 0.1) is 18.8 Å². The third-order valence-corrected chi connectivity index (χ3v) is 3.13. The Morgan fingerprint density at radius 3 is 2.33 bits per heavy atom. The van der Waals surface area contributed by atoms with Crippen LogP contribution >= 0.6 is 0 Å². The van der Waals surface area contributed by atoms with Crippen molar-refractivity contribution < 1.29 is 32.8 Å². The Labute approximate surface area is 119 Å². The Balaban J connectivity index is 2.37. The van der Waals surface area contributed by atoms with Gasteiger partial charge in [-0.25, -0.2) is 0 Å². The molecule has 1 heterocycles.